The monoisotopic (exact) mass is 363 g/mol. The fourth-order valence-electron chi connectivity index (χ4n) is 3.73. The first-order valence-corrected chi connectivity index (χ1v) is 9.62. The van der Waals surface area contributed by atoms with Crippen molar-refractivity contribution >= 4 is 5.91 Å². The zero-order valence-corrected chi connectivity index (χ0v) is 15.6. The van der Waals surface area contributed by atoms with Crippen LogP contribution in [0.3, 0.4) is 0 Å². The number of carbonyl (C=O) groups is 1. The van der Waals surface area contributed by atoms with Gasteiger partial charge >= 0.3 is 0 Å². The number of amides is 1. The van der Waals surface area contributed by atoms with Gasteiger partial charge in [0.2, 0.25) is 5.91 Å². The molecule has 0 aliphatic carbocycles. The maximum atomic E-state index is 12.7. The Morgan fingerprint density at radius 3 is 2.85 bits per heavy atom. The van der Waals surface area contributed by atoms with E-state index in [2.05, 4.69) is 41.4 Å². The Balaban J connectivity index is 1.33. The first-order valence-electron chi connectivity index (χ1n) is 9.62. The van der Waals surface area contributed by atoms with Gasteiger partial charge in [0.15, 0.2) is 0 Å². The van der Waals surface area contributed by atoms with Crippen molar-refractivity contribution in [2.45, 2.75) is 38.5 Å². The van der Waals surface area contributed by atoms with E-state index in [0.29, 0.717) is 18.8 Å². The third-order valence-electron chi connectivity index (χ3n) is 5.32. The number of hydrogen-bond donors (Lipinski definition) is 1. The quantitative estimate of drug-likeness (QED) is 0.734. The highest BCUT2D eigenvalue weighted by atomic mass is 16.3. The predicted molar refractivity (Wildman–Crippen MR) is 104 cm³/mol. The molecule has 3 aromatic rings. The fourth-order valence-corrected chi connectivity index (χ4v) is 3.73. The number of likely N-dealkylation sites (tertiary alicyclic amines) is 1. The highest BCUT2D eigenvalue weighted by molar-refractivity contribution is 5.76. The maximum absolute atomic E-state index is 12.7. The fraction of sp³-hybridized carbons (Fsp3) is 0.364. The Labute approximate surface area is 159 Å². The number of rotatable bonds is 5. The number of aromatic nitrogens is 2. The molecule has 0 spiro atoms. The number of hydrogen-bond acceptors (Lipinski definition) is 3. The molecule has 1 fully saturated rings. The summed E-state index contributed by atoms with van der Waals surface area (Å²) in [6.45, 7) is 3.69. The minimum atomic E-state index is 0.201. The van der Waals surface area contributed by atoms with E-state index in [0.717, 1.165) is 48.7 Å². The van der Waals surface area contributed by atoms with E-state index in [4.69, 9.17) is 4.42 Å². The highest BCUT2D eigenvalue weighted by Gasteiger charge is 2.25. The topological polar surface area (TPSA) is 62.1 Å². The molecular formula is C22H25N3O2. The Bertz CT molecular complexity index is 881. The molecule has 3 heterocycles. The summed E-state index contributed by atoms with van der Waals surface area (Å²) in [5.41, 5.74) is 3.42. The van der Waals surface area contributed by atoms with E-state index in [-0.39, 0.29) is 5.91 Å². The van der Waals surface area contributed by atoms with E-state index in [1.165, 1.54) is 5.56 Å². The summed E-state index contributed by atoms with van der Waals surface area (Å²) in [5, 5.41) is 7.08. The second-order valence-electron chi connectivity index (χ2n) is 7.32. The molecule has 0 unspecified atom stereocenters. The number of benzene rings is 1. The van der Waals surface area contributed by atoms with Crippen LogP contribution in [0.15, 0.2) is 53.1 Å². The molecule has 1 amide bonds. The van der Waals surface area contributed by atoms with Crippen molar-refractivity contribution in [3.05, 3.63) is 65.7 Å². The van der Waals surface area contributed by atoms with Gasteiger partial charge in [-0.1, -0.05) is 29.8 Å². The Kier molecular flexibility index (Phi) is 5.10. The molecule has 1 N–H and O–H groups in total. The maximum Gasteiger partial charge on any atom is 0.223 e. The van der Waals surface area contributed by atoms with Gasteiger partial charge in [-0.15, -0.1) is 0 Å². The average molecular weight is 363 g/mol. The molecule has 140 valence electrons. The van der Waals surface area contributed by atoms with Gasteiger partial charge < -0.3 is 9.32 Å². The number of piperidine rings is 1. The largest absolute Gasteiger partial charge is 0.461 e. The van der Waals surface area contributed by atoms with Crippen molar-refractivity contribution in [2.75, 3.05) is 13.1 Å². The molecule has 5 nitrogen and oxygen atoms in total. The number of furan rings is 1. The number of aromatic amines is 1. The minimum Gasteiger partial charge on any atom is -0.461 e. The molecule has 1 saturated heterocycles. The molecule has 0 radical (unpaired) electrons. The summed E-state index contributed by atoms with van der Waals surface area (Å²) in [5.74, 6) is 2.28. The zero-order chi connectivity index (χ0) is 18.6. The lowest BCUT2D eigenvalue weighted by molar-refractivity contribution is -0.132. The van der Waals surface area contributed by atoms with Gasteiger partial charge in [0, 0.05) is 49.3 Å². The van der Waals surface area contributed by atoms with Crippen LogP contribution in [0.5, 0.6) is 0 Å². The van der Waals surface area contributed by atoms with Crippen LogP contribution in [-0.2, 0) is 11.2 Å². The number of carbonyl (C=O) groups excluding carboxylic acids is 1. The Morgan fingerprint density at radius 2 is 2.07 bits per heavy atom. The second kappa shape index (κ2) is 7.82. The number of nitrogens with one attached hydrogen (secondary N) is 1. The van der Waals surface area contributed by atoms with E-state index in [9.17, 15) is 4.79 Å². The van der Waals surface area contributed by atoms with Crippen molar-refractivity contribution in [1.82, 2.24) is 15.1 Å². The molecule has 4 rings (SSSR count). The number of H-pyrrole nitrogens is 1. The highest BCUT2D eigenvalue weighted by Crippen LogP contribution is 2.26. The smallest absolute Gasteiger partial charge is 0.223 e. The van der Waals surface area contributed by atoms with Gasteiger partial charge in [-0.05, 0) is 38.0 Å². The van der Waals surface area contributed by atoms with Crippen LogP contribution in [0.4, 0.5) is 0 Å². The van der Waals surface area contributed by atoms with Crippen LogP contribution in [-0.4, -0.2) is 34.1 Å². The molecule has 0 bridgehead atoms. The third kappa shape index (κ3) is 4.13. The van der Waals surface area contributed by atoms with E-state index in [1.807, 2.05) is 23.1 Å². The zero-order valence-electron chi connectivity index (χ0n) is 15.6. The summed E-state index contributed by atoms with van der Waals surface area (Å²) in [7, 11) is 0. The molecule has 5 heteroatoms. The normalized spacial score (nSPS) is 17.2. The van der Waals surface area contributed by atoms with Gasteiger partial charge in [-0.25, -0.2) is 0 Å². The van der Waals surface area contributed by atoms with Crippen LogP contribution < -0.4 is 0 Å². The minimum absolute atomic E-state index is 0.201. The molecular weight excluding hydrogens is 338 g/mol. The van der Waals surface area contributed by atoms with Crippen molar-refractivity contribution in [2.24, 2.45) is 0 Å². The van der Waals surface area contributed by atoms with Gasteiger partial charge in [-0.2, -0.15) is 5.10 Å². The summed E-state index contributed by atoms with van der Waals surface area (Å²) in [4.78, 5) is 14.6. The van der Waals surface area contributed by atoms with Crippen molar-refractivity contribution < 1.29 is 9.21 Å². The average Bonchev–Trinajstić information content (AvgIpc) is 3.39. The summed E-state index contributed by atoms with van der Waals surface area (Å²) in [6.07, 6.45) is 5.03. The van der Waals surface area contributed by atoms with Crippen molar-refractivity contribution in [3.8, 4) is 11.3 Å². The SMILES string of the molecule is Cc1ccc(-c2ccc(CCC(=O)N3CCC[C@H](c4ccn[nH]4)C3)o2)cc1. The van der Waals surface area contributed by atoms with Crippen LogP contribution in [0.2, 0.25) is 0 Å². The molecule has 1 atom stereocenters. The van der Waals surface area contributed by atoms with Crippen LogP contribution in [0, 0.1) is 6.92 Å². The first kappa shape index (κ1) is 17.6. The molecule has 1 aliphatic rings. The summed E-state index contributed by atoms with van der Waals surface area (Å²) < 4.78 is 5.94. The van der Waals surface area contributed by atoms with E-state index >= 15 is 0 Å². The number of aryl methyl sites for hydroxylation is 2. The number of nitrogens with zero attached hydrogens (tertiary/aromatic N) is 2. The van der Waals surface area contributed by atoms with E-state index < -0.39 is 0 Å². The Morgan fingerprint density at radius 1 is 1.22 bits per heavy atom. The van der Waals surface area contributed by atoms with Crippen molar-refractivity contribution in [3.63, 3.8) is 0 Å². The van der Waals surface area contributed by atoms with Crippen LogP contribution in [0.25, 0.3) is 11.3 Å². The summed E-state index contributed by atoms with van der Waals surface area (Å²) in [6, 6.07) is 14.2. The predicted octanol–water partition coefficient (Wildman–Crippen LogP) is 4.32. The van der Waals surface area contributed by atoms with Gasteiger partial charge in [0.25, 0.3) is 0 Å². The van der Waals surface area contributed by atoms with Gasteiger partial charge in [0.1, 0.15) is 11.5 Å². The van der Waals surface area contributed by atoms with Gasteiger partial charge in [0.05, 0.1) is 0 Å². The van der Waals surface area contributed by atoms with E-state index in [1.54, 1.807) is 6.20 Å². The Hall–Kier alpha value is -2.82. The summed E-state index contributed by atoms with van der Waals surface area (Å²) >= 11 is 0. The molecule has 27 heavy (non-hydrogen) atoms. The van der Waals surface area contributed by atoms with Crippen LogP contribution in [0.1, 0.15) is 42.2 Å². The lowest BCUT2D eigenvalue weighted by atomic mass is 9.94. The molecule has 1 aromatic carbocycles. The standard InChI is InChI=1S/C22H25N3O2/c1-16-4-6-17(7-5-16)21-10-8-19(27-21)9-11-22(26)25-14-2-3-18(15-25)20-12-13-23-24-20/h4-8,10,12-13,18H,2-3,9,11,14-15H2,1H3,(H,23,24)/t18-/m0/s1. The lowest BCUT2D eigenvalue weighted by Gasteiger charge is -2.32. The lowest BCUT2D eigenvalue weighted by Crippen LogP contribution is -2.39. The second-order valence-corrected chi connectivity index (χ2v) is 7.32. The molecule has 0 saturated carbocycles. The molecule has 2 aromatic heterocycles. The van der Waals surface area contributed by atoms with Gasteiger partial charge in [-0.3, -0.25) is 9.89 Å². The third-order valence-corrected chi connectivity index (χ3v) is 5.32. The van der Waals surface area contributed by atoms with Crippen LogP contribution >= 0.6 is 0 Å². The first-order chi connectivity index (χ1) is 13.2. The molecule has 1 aliphatic heterocycles. The van der Waals surface area contributed by atoms with Crippen molar-refractivity contribution in [1.29, 1.82) is 0 Å².